The average Bonchev–Trinajstić information content (AvgIpc) is 2.52. The highest BCUT2D eigenvalue weighted by molar-refractivity contribution is 14.0. The molecule has 23 heavy (non-hydrogen) atoms. The molecule has 6 heteroatoms. The molecular weight excluding hydrogens is 401 g/mol. The quantitative estimate of drug-likeness (QED) is 0.431. The minimum absolute atomic E-state index is 0. The molecule has 2 rings (SSSR count). The molecule has 1 saturated heterocycles. The molecule has 0 saturated carbocycles. The molecule has 1 unspecified atom stereocenters. The zero-order chi connectivity index (χ0) is 15.9. The van der Waals surface area contributed by atoms with Crippen LogP contribution in [0.1, 0.15) is 11.1 Å². The second kappa shape index (κ2) is 10.1. The highest BCUT2D eigenvalue weighted by Gasteiger charge is 2.21. The second-order valence-electron chi connectivity index (χ2n) is 6.13. The van der Waals surface area contributed by atoms with Crippen LogP contribution in [0.4, 0.5) is 0 Å². The Labute approximate surface area is 157 Å². The molecule has 1 heterocycles. The van der Waals surface area contributed by atoms with Crippen molar-refractivity contribution in [2.24, 2.45) is 4.99 Å². The molecule has 0 bridgehead atoms. The first-order valence-electron chi connectivity index (χ1n) is 7.98. The van der Waals surface area contributed by atoms with E-state index in [1.807, 2.05) is 7.05 Å². The molecule has 1 aliphatic rings. The highest BCUT2D eigenvalue weighted by atomic mass is 127. The Bertz CT molecular complexity index is 506. The van der Waals surface area contributed by atoms with E-state index in [2.05, 4.69) is 70.7 Å². The number of nitrogens with one attached hydrogen (secondary N) is 2. The maximum Gasteiger partial charge on any atom is 0.191 e. The Morgan fingerprint density at radius 1 is 1.22 bits per heavy atom. The summed E-state index contributed by atoms with van der Waals surface area (Å²) in [5.74, 6) is 0.866. The van der Waals surface area contributed by atoms with E-state index in [0.717, 1.165) is 38.7 Å². The number of nitrogens with zero attached hydrogens (tertiary/aromatic N) is 3. The molecule has 5 nitrogen and oxygen atoms in total. The van der Waals surface area contributed by atoms with E-state index in [4.69, 9.17) is 0 Å². The smallest absolute Gasteiger partial charge is 0.191 e. The number of guanidine groups is 1. The molecule has 0 aliphatic carbocycles. The van der Waals surface area contributed by atoms with Gasteiger partial charge in [0, 0.05) is 45.8 Å². The van der Waals surface area contributed by atoms with Crippen molar-refractivity contribution in [3.63, 3.8) is 0 Å². The van der Waals surface area contributed by atoms with E-state index in [1.54, 1.807) is 0 Å². The van der Waals surface area contributed by atoms with Crippen LogP contribution in [-0.4, -0.2) is 69.1 Å². The SMILES string of the molecule is CN=C(NCc1ccccc1C)NCC1CN(C)CCN1C.I. The molecule has 1 aromatic carbocycles. The predicted octanol–water partition coefficient (Wildman–Crippen LogP) is 1.52. The largest absolute Gasteiger partial charge is 0.355 e. The second-order valence-corrected chi connectivity index (χ2v) is 6.13. The zero-order valence-electron chi connectivity index (χ0n) is 14.7. The lowest BCUT2D eigenvalue weighted by Crippen LogP contribution is -2.55. The van der Waals surface area contributed by atoms with Gasteiger partial charge in [0.05, 0.1) is 0 Å². The van der Waals surface area contributed by atoms with Crippen LogP contribution in [0.2, 0.25) is 0 Å². The summed E-state index contributed by atoms with van der Waals surface area (Å²) < 4.78 is 0. The third-order valence-electron chi connectivity index (χ3n) is 4.42. The minimum Gasteiger partial charge on any atom is -0.355 e. The summed E-state index contributed by atoms with van der Waals surface area (Å²) in [4.78, 5) is 9.13. The molecule has 130 valence electrons. The van der Waals surface area contributed by atoms with Crippen molar-refractivity contribution in [3.8, 4) is 0 Å². The molecular formula is C17H30IN5. The number of aliphatic imine (C=N–C) groups is 1. The van der Waals surface area contributed by atoms with Crippen molar-refractivity contribution in [1.82, 2.24) is 20.4 Å². The first-order chi connectivity index (χ1) is 10.6. The van der Waals surface area contributed by atoms with Gasteiger partial charge in [-0.15, -0.1) is 24.0 Å². The fourth-order valence-electron chi connectivity index (χ4n) is 2.74. The highest BCUT2D eigenvalue weighted by Crippen LogP contribution is 2.06. The van der Waals surface area contributed by atoms with Crippen LogP contribution in [0.15, 0.2) is 29.3 Å². The number of hydrogen-bond donors (Lipinski definition) is 2. The monoisotopic (exact) mass is 431 g/mol. The summed E-state index contributed by atoms with van der Waals surface area (Å²) in [5, 5.41) is 6.85. The van der Waals surface area contributed by atoms with Gasteiger partial charge in [0.25, 0.3) is 0 Å². The van der Waals surface area contributed by atoms with E-state index >= 15 is 0 Å². The molecule has 1 fully saturated rings. The number of piperazine rings is 1. The van der Waals surface area contributed by atoms with Gasteiger partial charge in [0.1, 0.15) is 0 Å². The fraction of sp³-hybridized carbons (Fsp3) is 0.588. The van der Waals surface area contributed by atoms with E-state index in [0.29, 0.717) is 6.04 Å². The molecule has 2 N–H and O–H groups in total. The van der Waals surface area contributed by atoms with Gasteiger partial charge in [-0.1, -0.05) is 24.3 Å². The van der Waals surface area contributed by atoms with Crippen LogP contribution in [-0.2, 0) is 6.54 Å². The summed E-state index contributed by atoms with van der Waals surface area (Å²) in [5.41, 5.74) is 2.61. The average molecular weight is 431 g/mol. The van der Waals surface area contributed by atoms with Crippen molar-refractivity contribution in [3.05, 3.63) is 35.4 Å². The third-order valence-corrected chi connectivity index (χ3v) is 4.42. The Hall–Kier alpha value is -0.860. The van der Waals surface area contributed by atoms with Crippen molar-refractivity contribution in [2.75, 3.05) is 47.3 Å². The fourth-order valence-corrected chi connectivity index (χ4v) is 2.74. The molecule has 1 aliphatic heterocycles. The number of halogens is 1. The van der Waals surface area contributed by atoms with E-state index in [1.165, 1.54) is 11.1 Å². The van der Waals surface area contributed by atoms with Crippen molar-refractivity contribution in [1.29, 1.82) is 0 Å². The van der Waals surface area contributed by atoms with Crippen LogP contribution in [0.5, 0.6) is 0 Å². The molecule has 0 radical (unpaired) electrons. The standard InChI is InChI=1S/C17H29N5.HI/c1-14-7-5-6-8-15(14)11-19-17(18-2)20-12-16-13-21(3)9-10-22(16)4;/h5-8,16H,9-13H2,1-4H3,(H2,18,19,20);1H. The van der Waals surface area contributed by atoms with Crippen LogP contribution in [0, 0.1) is 6.92 Å². The van der Waals surface area contributed by atoms with Crippen molar-refractivity contribution < 1.29 is 0 Å². The third kappa shape index (κ3) is 6.27. The Kier molecular flexibility index (Phi) is 8.86. The lowest BCUT2D eigenvalue weighted by molar-refractivity contribution is 0.116. The summed E-state index contributed by atoms with van der Waals surface area (Å²) in [6.07, 6.45) is 0. The van der Waals surface area contributed by atoms with E-state index < -0.39 is 0 Å². The first kappa shape index (κ1) is 20.2. The minimum atomic E-state index is 0. The summed E-state index contributed by atoms with van der Waals surface area (Å²) in [7, 11) is 6.21. The van der Waals surface area contributed by atoms with Crippen molar-refractivity contribution >= 4 is 29.9 Å². The number of benzene rings is 1. The Morgan fingerprint density at radius 3 is 2.65 bits per heavy atom. The number of aryl methyl sites for hydroxylation is 1. The summed E-state index contributed by atoms with van der Waals surface area (Å²) in [6, 6.07) is 8.96. The number of rotatable bonds is 4. The van der Waals surface area contributed by atoms with Crippen LogP contribution < -0.4 is 10.6 Å². The molecule has 0 aromatic heterocycles. The molecule has 1 aromatic rings. The van der Waals surface area contributed by atoms with Gasteiger partial charge in [-0.2, -0.15) is 0 Å². The van der Waals surface area contributed by atoms with Gasteiger partial charge in [-0.05, 0) is 32.1 Å². The van der Waals surface area contributed by atoms with Gasteiger partial charge < -0.3 is 15.5 Å². The first-order valence-corrected chi connectivity index (χ1v) is 7.98. The van der Waals surface area contributed by atoms with Crippen molar-refractivity contribution in [2.45, 2.75) is 19.5 Å². The van der Waals surface area contributed by atoms with E-state index in [-0.39, 0.29) is 24.0 Å². The summed E-state index contributed by atoms with van der Waals surface area (Å²) in [6.45, 7) is 7.21. The van der Waals surface area contributed by atoms with Crippen LogP contribution in [0.3, 0.4) is 0 Å². The maximum atomic E-state index is 4.32. The maximum absolute atomic E-state index is 4.32. The summed E-state index contributed by atoms with van der Waals surface area (Å²) >= 11 is 0. The van der Waals surface area contributed by atoms with Gasteiger partial charge in [-0.3, -0.25) is 9.89 Å². The number of likely N-dealkylation sites (N-methyl/N-ethyl adjacent to an activating group) is 2. The lowest BCUT2D eigenvalue weighted by atomic mass is 10.1. The lowest BCUT2D eigenvalue weighted by Gasteiger charge is -2.37. The zero-order valence-corrected chi connectivity index (χ0v) is 17.0. The van der Waals surface area contributed by atoms with Crippen LogP contribution >= 0.6 is 24.0 Å². The Morgan fingerprint density at radius 2 is 1.96 bits per heavy atom. The van der Waals surface area contributed by atoms with Gasteiger partial charge in [-0.25, -0.2) is 0 Å². The number of hydrogen-bond acceptors (Lipinski definition) is 3. The van der Waals surface area contributed by atoms with Crippen LogP contribution in [0.25, 0.3) is 0 Å². The Balaban J connectivity index is 0.00000264. The van der Waals surface area contributed by atoms with E-state index in [9.17, 15) is 0 Å². The molecule has 0 spiro atoms. The van der Waals surface area contributed by atoms with Gasteiger partial charge in [0.15, 0.2) is 5.96 Å². The normalized spacial score (nSPS) is 20.0. The van der Waals surface area contributed by atoms with Gasteiger partial charge >= 0.3 is 0 Å². The van der Waals surface area contributed by atoms with Gasteiger partial charge in [0.2, 0.25) is 0 Å². The topological polar surface area (TPSA) is 42.9 Å². The predicted molar refractivity (Wildman–Crippen MR) is 109 cm³/mol. The molecule has 0 amide bonds. The molecule has 1 atom stereocenters.